The lowest BCUT2D eigenvalue weighted by Gasteiger charge is -2.14. The van der Waals surface area contributed by atoms with Gasteiger partial charge in [-0.3, -0.25) is 19.3 Å². The zero-order valence-corrected chi connectivity index (χ0v) is 15.7. The lowest BCUT2D eigenvalue weighted by Crippen LogP contribution is -2.28. The Morgan fingerprint density at radius 1 is 0.964 bits per heavy atom. The number of amides is 2. The third kappa shape index (κ3) is 3.10. The summed E-state index contributed by atoms with van der Waals surface area (Å²) < 4.78 is 6.42. The largest absolute Gasteiger partial charge is 0.421 e. The number of thiophene rings is 1. The number of fused-ring (bicyclic) bond motifs is 1. The van der Waals surface area contributed by atoms with E-state index in [9.17, 15) is 19.2 Å². The van der Waals surface area contributed by atoms with Crippen molar-refractivity contribution in [2.45, 2.75) is 19.8 Å². The molecule has 2 heterocycles. The molecule has 1 aromatic heterocycles. The zero-order chi connectivity index (χ0) is 19.8. The Balaban J connectivity index is 1.62. The Morgan fingerprint density at radius 3 is 2.25 bits per heavy atom. The Labute approximate surface area is 164 Å². The first-order valence-electron chi connectivity index (χ1n) is 8.66. The molecule has 4 rings (SSSR count). The molecule has 0 N–H and O–H groups in total. The number of ketones is 1. The molecule has 0 saturated carbocycles. The van der Waals surface area contributed by atoms with Gasteiger partial charge < -0.3 is 4.74 Å². The zero-order valence-electron chi connectivity index (χ0n) is 14.9. The summed E-state index contributed by atoms with van der Waals surface area (Å²) in [4.78, 5) is 49.7. The van der Waals surface area contributed by atoms with Gasteiger partial charge in [-0.15, -0.1) is 11.3 Å². The van der Waals surface area contributed by atoms with Gasteiger partial charge >= 0.3 is 5.97 Å². The fraction of sp³-hybridized carbons (Fsp3) is 0.143. The molecule has 1 aliphatic rings. The van der Waals surface area contributed by atoms with E-state index in [1.54, 1.807) is 6.07 Å². The first kappa shape index (κ1) is 18.1. The van der Waals surface area contributed by atoms with E-state index in [1.165, 1.54) is 42.5 Å². The van der Waals surface area contributed by atoms with Crippen LogP contribution in [0.3, 0.4) is 0 Å². The number of carbonyl (C=O) groups excluding carboxylic acids is 4. The second-order valence-corrected chi connectivity index (χ2v) is 7.42. The van der Waals surface area contributed by atoms with Gasteiger partial charge in [0.05, 0.1) is 11.3 Å². The second-order valence-electron chi connectivity index (χ2n) is 6.37. The summed E-state index contributed by atoms with van der Waals surface area (Å²) in [5, 5.41) is 0.705. The Morgan fingerprint density at radius 2 is 1.61 bits per heavy atom. The van der Waals surface area contributed by atoms with Crippen molar-refractivity contribution in [3.8, 4) is 5.75 Å². The minimum absolute atomic E-state index is 0.176. The molecule has 28 heavy (non-hydrogen) atoms. The van der Waals surface area contributed by atoms with Gasteiger partial charge in [0.2, 0.25) is 11.8 Å². The van der Waals surface area contributed by atoms with Gasteiger partial charge in [-0.1, -0.05) is 12.1 Å². The van der Waals surface area contributed by atoms with Crippen molar-refractivity contribution in [2.75, 3.05) is 4.90 Å². The Bertz CT molecular complexity index is 1110. The molecule has 1 fully saturated rings. The number of carbonyl (C=O) groups is 4. The molecule has 1 aliphatic heterocycles. The minimum atomic E-state index is -0.614. The lowest BCUT2D eigenvalue weighted by molar-refractivity contribution is -0.121. The van der Waals surface area contributed by atoms with Crippen LogP contribution in [-0.2, 0) is 9.59 Å². The molecule has 140 valence electrons. The topological polar surface area (TPSA) is 80.8 Å². The van der Waals surface area contributed by atoms with Crippen molar-refractivity contribution in [2.24, 2.45) is 0 Å². The van der Waals surface area contributed by atoms with Crippen LogP contribution < -0.4 is 9.64 Å². The molecule has 0 aliphatic carbocycles. The van der Waals surface area contributed by atoms with Crippen molar-refractivity contribution in [3.63, 3.8) is 0 Å². The van der Waals surface area contributed by atoms with Gasteiger partial charge in [-0.25, -0.2) is 4.79 Å². The standard InChI is InChI=1S/C21H15NO5S/c1-12(23)20-19(15-4-2-3-5-16(15)28-20)27-21(26)13-6-8-14(9-7-13)22-17(24)10-11-18(22)25/h2-9H,10-11H2,1H3. The smallest absolute Gasteiger partial charge is 0.343 e. The van der Waals surface area contributed by atoms with Crippen LogP contribution in [0.4, 0.5) is 5.69 Å². The van der Waals surface area contributed by atoms with E-state index < -0.39 is 5.97 Å². The monoisotopic (exact) mass is 393 g/mol. The maximum absolute atomic E-state index is 12.6. The van der Waals surface area contributed by atoms with E-state index in [0.717, 1.165) is 9.60 Å². The highest BCUT2D eigenvalue weighted by Crippen LogP contribution is 2.38. The highest BCUT2D eigenvalue weighted by molar-refractivity contribution is 7.21. The molecule has 0 atom stereocenters. The van der Waals surface area contributed by atoms with Crippen molar-refractivity contribution in [1.82, 2.24) is 0 Å². The quantitative estimate of drug-likeness (QED) is 0.381. The average Bonchev–Trinajstić information content (AvgIpc) is 3.22. The van der Waals surface area contributed by atoms with Crippen LogP contribution in [-0.4, -0.2) is 23.6 Å². The molecule has 1 saturated heterocycles. The van der Waals surface area contributed by atoms with Crippen LogP contribution in [0.15, 0.2) is 48.5 Å². The molecule has 3 aromatic rings. The van der Waals surface area contributed by atoms with Gasteiger partial charge in [-0.2, -0.15) is 0 Å². The van der Waals surface area contributed by atoms with Gasteiger partial charge in [-0.05, 0) is 36.4 Å². The van der Waals surface area contributed by atoms with Crippen LogP contribution in [0.5, 0.6) is 5.75 Å². The van der Waals surface area contributed by atoms with Crippen molar-refractivity contribution in [3.05, 3.63) is 59.0 Å². The van der Waals surface area contributed by atoms with Gasteiger partial charge in [0.1, 0.15) is 4.88 Å². The number of rotatable bonds is 4. The number of Topliss-reactive ketones (excluding diaryl/α,β-unsaturated/α-hetero) is 1. The molecule has 2 amide bonds. The van der Waals surface area contributed by atoms with Crippen LogP contribution in [0.1, 0.15) is 39.8 Å². The average molecular weight is 393 g/mol. The molecule has 0 bridgehead atoms. The summed E-state index contributed by atoms with van der Waals surface area (Å²) in [6.45, 7) is 1.43. The van der Waals surface area contributed by atoms with Crippen LogP contribution in [0.2, 0.25) is 0 Å². The van der Waals surface area contributed by atoms with E-state index in [0.29, 0.717) is 16.0 Å². The number of benzene rings is 2. The van der Waals surface area contributed by atoms with Gasteiger partial charge in [0.15, 0.2) is 11.5 Å². The van der Waals surface area contributed by atoms with E-state index in [1.807, 2.05) is 18.2 Å². The van der Waals surface area contributed by atoms with E-state index >= 15 is 0 Å². The number of hydrogen-bond acceptors (Lipinski definition) is 6. The molecular weight excluding hydrogens is 378 g/mol. The summed E-state index contributed by atoms with van der Waals surface area (Å²) in [7, 11) is 0. The van der Waals surface area contributed by atoms with Crippen LogP contribution in [0, 0.1) is 0 Å². The highest BCUT2D eigenvalue weighted by Gasteiger charge is 2.30. The van der Waals surface area contributed by atoms with E-state index in [4.69, 9.17) is 4.74 Å². The summed E-state index contributed by atoms with van der Waals surface area (Å²) in [6.07, 6.45) is 0.392. The van der Waals surface area contributed by atoms with E-state index in [-0.39, 0.29) is 41.8 Å². The van der Waals surface area contributed by atoms with Crippen molar-refractivity contribution < 1.29 is 23.9 Å². The Hall–Kier alpha value is -3.32. The molecular formula is C21H15NO5S. The molecule has 7 heteroatoms. The van der Waals surface area contributed by atoms with Gasteiger partial charge in [0.25, 0.3) is 0 Å². The molecule has 0 spiro atoms. The van der Waals surface area contributed by atoms with Crippen molar-refractivity contribution >= 4 is 50.7 Å². The lowest BCUT2D eigenvalue weighted by atomic mass is 10.2. The summed E-state index contributed by atoms with van der Waals surface area (Å²) in [5.74, 6) is -1.04. The number of ether oxygens (including phenoxy) is 1. The van der Waals surface area contributed by atoms with E-state index in [2.05, 4.69) is 0 Å². The van der Waals surface area contributed by atoms with Gasteiger partial charge in [0, 0.05) is 29.9 Å². The second kappa shape index (κ2) is 7.01. The fourth-order valence-electron chi connectivity index (χ4n) is 3.12. The number of imide groups is 1. The third-order valence-corrected chi connectivity index (χ3v) is 5.73. The molecule has 2 aromatic carbocycles. The Kier molecular flexibility index (Phi) is 4.52. The first-order valence-corrected chi connectivity index (χ1v) is 9.48. The molecule has 0 unspecified atom stereocenters. The maximum Gasteiger partial charge on any atom is 0.343 e. The first-order chi connectivity index (χ1) is 13.5. The summed E-state index contributed by atoms with van der Waals surface area (Å²) in [5.41, 5.74) is 0.682. The number of hydrogen-bond donors (Lipinski definition) is 0. The van der Waals surface area contributed by atoms with Crippen LogP contribution >= 0.6 is 11.3 Å². The predicted molar refractivity (Wildman–Crippen MR) is 105 cm³/mol. The fourth-order valence-corrected chi connectivity index (χ4v) is 4.14. The highest BCUT2D eigenvalue weighted by atomic mass is 32.1. The maximum atomic E-state index is 12.6. The SMILES string of the molecule is CC(=O)c1sc2ccccc2c1OC(=O)c1ccc(N2C(=O)CCC2=O)cc1. The number of anilines is 1. The summed E-state index contributed by atoms with van der Waals surface area (Å²) >= 11 is 1.28. The summed E-state index contributed by atoms with van der Waals surface area (Å²) in [6, 6.07) is 13.4. The molecule has 6 nitrogen and oxygen atoms in total. The number of nitrogens with zero attached hydrogens (tertiary/aromatic N) is 1. The molecule has 0 radical (unpaired) electrons. The minimum Gasteiger partial charge on any atom is -0.421 e. The van der Waals surface area contributed by atoms with Crippen LogP contribution in [0.25, 0.3) is 10.1 Å². The normalized spacial score (nSPS) is 14.0. The third-order valence-electron chi connectivity index (χ3n) is 4.48. The number of esters is 1. The predicted octanol–water partition coefficient (Wildman–Crippen LogP) is 3.98. The van der Waals surface area contributed by atoms with Crippen molar-refractivity contribution in [1.29, 1.82) is 0 Å².